The molecule has 2 nitrogen and oxygen atoms in total. The van der Waals surface area contributed by atoms with Crippen molar-refractivity contribution in [2.45, 2.75) is 26.2 Å². The van der Waals surface area contributed by atoms with Gasteiger partial charge in [0.2, 0.25) is 0 Å². The first kappa shape index (κ1) is 15.0. The summed E-state index contributed by atoms with van der Waals surface area (Å²) in [4.78, 5) is 8.95. The predicted molar refractivity (Wildman–Crippen MR) is 61.5 cm³/mol. The fraction of sp³-hybridized carbons (Fsp3) is 0.364. The molecular formula is C11H15BN2Y-2. The van der Waals surface area contributed by atoms with Crippen LogP contribution < -0.4 is 4.98 Å². The van der Waals surface area contributed by atoms with Gasteiger partial charge in [-0.1, -0.05) is 0 Å². The van der Waals surface area contributed by atoms with Crippen LogP contribution in [0, 0.1) is 7.43 Å². The molecule has 2 rings (SSSR count). The smallest absolute Gasteiger partial charge is 0 e. The first-order valence-electron chi connectivity index (χ1n) is 4.47. The van der Waals surface area contributed by atoms with Crippen molar-refractivity contribution in [2.75, 3.05) is 0 Å². The van der Waals surface area contributed by atoms with Gasteiger partial charge in [-0.2, -0.15) is 0 Å². The van der Waals surface area contributed by atoms with E-state index in [0.29, 0.717) is 0 Å². The third-order valence-electron chi connectivity index (χ3n) is 2.01. The largest absolute Gasteiger partial charge is 0.358 e. The zero-order valence-electron chi connectivity index (χ0n) is 9.78. The fourth-order valence-electron chi connectivity index (χ4n) is 1.24. The number of fused-ring (bicyclic) bond motifs is 1. The van der Waals surface area contributed by atoms with Crippen molar-refractivity contribution in [3.05, 3.63) is 31.3 Å². The number of imidazole rings is 1. The summed E-state index contributed by atoms with van der Waals surface area (Å²) < 4.78 is 0. The molecule has 0 aliphatic carbocycles. The van der Waals surface area contributed by atoms with E-state index >= 15 is 0 Å². The molecule has 0 N–H and O–H groups in total. The molecule has 0 atom stereocenters. The van der Waals surface area contributed by atoms with Crippen LogP contribution in [-0.2, 0) is 38.1 Å². The molecule has 0 saturated carbocycles. The van der Waals surface area contributed by atoms with Crippen LogP contribution in [0.2, 0.25) is 0 Å². The number of aromatic nitrogens is 2. The molecule has 0 aliphatic rings. The van der Waals surface area contributed by atoms with Gasteiger partial charge in [0.15, 0.2) is 0 Å². The Hall–Kier alpha value is -0.0112. The summed E-state index contributed by atoms with van der Waals surface area (Å²) in [5.41, 5.74) is 2.03. The van der Waals surface area contributed by atoms with E-state index in [1.807, 2.05) is 25.0 Å². The van der Waals surface area contributed by atoms with Crippen molar-refractivity contribution in [2.24, 2.45) is 0 Å². The van der Waals surface area contributed by atoms with Gasteiger partial charge in [0.1, 0.15) is 0 Å². The Morgan fingerprint density at radius 3 is 2.53 bits per heavy atom. The SMILES string of the molecule is CC(C)(C)c1nc2cccbc2[n-]1.[CH3-].[Y]. The summed E-state index contributed by atoms with van der Waals surface area (Å²) in [6, 6.07) is 3.99. The monoisotopic (exact) mass is 275 g/mol. The van der Waals surface area contributed by atoms with Crippen LogP contribution in [-0.4, -0.2) is 11.9 Å². The van der Waals surface area contributed by atoms with E-state index in [2.05, 4.69) is 30.7 Å². The second-order valence-electron chi connectivity index (χ2n) is 4.29. The summed E-state index contributed by atoms with van der Waals surface area (Å²) in [6.07, 6.45) is 0. The third-order valence-corrected chi connectivity index (χ3v) is 2.01. The van der Waals surface area contributed by atoms with Crippen LogP contribution in [0.5, 0.6) is 0 Å². The molecule has 0 spiro atoms. The zero-order chi connectivity index (χ0) is 9.47. The Labute approximate surface area is 117 Å². The molecule has 1 radical (unpaired) electrons. The van der Waals surface area contributed by atoms with Crippen molar-refractivity contribution in [3.63, 3.8) is 0 Å². The van der Waals surface area contributed by atoms with Crippen LogP contribution in [0.3, 0.4) is 0 Å². The quantitative estimate of drug-likeness (QED) is 0.689. The van der Waals surface area contributed by atoms with E-state index in [0.717, 1.165) is 16.8 Å². The molecule has 0 aliphatic heterocycles. The molecule has 2 aromatic rings. The van der Waals surface area contributed by atoms with Gasteiger partial charge in [-0.05, 0) is 0 Å². The van der Waals surface area contributed by atoms with Gasteiger partial charge in [0.05, 0.1) is 0 Å². The summed E-state index contributed by atoms with van der Waals surface area (Å²) >= 11 is 0. The Morgan fingerprint density at radius 2 is 2.00 bits per heavy atom. The van der Waals surface area contributed by atoms with E-state index < -0.39 is 0 Å². The minimum absolute atomic E-state index is 0. The molecule has 2 aromatic heterocycles. The van der Waals surface area contributed by atoms with E-state index in [1.54, 1.807) is 0 Å². The Morgan fingerprint density at radius 1 is 1.33 bits per heavy atom. The van der Waals surface area contributed by atoms with Crippen LogP contribution in [0.4, 0.5) is 0 Å². The average molecular weight is 275 g/mol. The molecule has 15 heavy (non-hydrogen) atoms. The van der Waals surface area contributed by atoms with E-state index in [9.17, 15) is 0 Å². The minimum Gasteiger partial charge on any atom is -0.358 e. The van der Waals surface area contributed by atoms with Crippen LogP contribution in [0.15, 0.2) is 18.1 Å². The molecule has 0 aromatic carbocycles. The summed E-state index contributed by atoms with van der Waals surface area (Å²) in [5, 5.41) is 0. The Bertz CT molecular complexity index is 398. The predicted octanol–water partition coefficient (Wildman–Crippen LogP) is 2.28. The maximum atomic E-state index is 4.47. The van der Waals surface area contributed by atoms with Crippen LogP contribution in [0.1, 0.15) is 26.6 Å². The molecule has 77 valence electrons. The van der Waals surface area contributed by atoms with Crippen molar-refractivity contribution in [3.8, 4) is 0 Å². The third kappa shape index (κ3) is 3.22. The van der Waals surface area contributed by atoms with Gasteiger partial charge in [0, 0.05) is 32.7 Å². The van der Waals surface area contributed by atoms with Crippen molar-refractivity contribution >= 4 is 17.8 Å². The summed E-state index contributed by atoms with van der Waals surface area (Å²) in [6.45, 7) is 8.38. The average Bonchev–Trinajstić information content (AvgIpc) is 2.45. The van der Waals surface area contributed by atoms with E-state index in [-0.39, 0.29) is 45.6 Å². The van der Waals surface area contributed by atoms with Crippen molar-refractivity contribution in [1.29, 1.82) is 0 Å². The molecule has 0 saturated heterocycles. The number of rotatable bonds is 0. The van der Waals surface area contributed by atoms with Gasteiger partial charge in [-0.15, -0.1) is 0 Å². The normalized spacial score (nSPS) is 10.3. The summed E-state index contributed by atoms with van der Waals surface area (Å²) in [5.74, 6) is 2.91. The second-order valence-corrected chi connectivity index (χ2v) is 4.29. The molecule has 0 unspecified atom stereocenters. The standard InChI is InChI=1S/C10H12BN2.CH3.Y/c1-10(2,3)9-12-7-5-4-6-11-8(7)13-9;;/h4-6H,1-3H3;1H3;/q2*-1;. The van der Waals surface area contributed by atoms with E-state index in [1.165, 1.54) is 0 Å². The molecule has 0 fully saturated rings. The number of hydrogen-bond acceptors (Lipinski definition) is 1. The number of nitrogens with zero attached hydrogens (tertiary/aromatic N) is 2. The first-order chi connectivity index (χ1) is 6.07. The van der Waals surface area contributed by atoms with Gasteiger partial charge in [0.25, 0.3) is 0 Å². The second kappa shape index (κ2) is 5.36. The molecule has 2 heterocycles. The van der Waals surface area contributed by atoms with Crippen LogP contribution >= 0.6 is 0 Å². The Kier molecular flexibility index (Phi) is 5.35. The van der Waals surface area contributed by atoms with Gasteiger partial charge in [-0.3, -0.25) is 0 Å². The van der Waals surface area contributed by atoms with Gasteiger partial charge >= 0.3 is 77.9 Å². The van der Waals surface area contributed by atoms with Crippen molar-refractivity contribution in [1.82, 2.24) is 9.97 Å². The fourth-order valence-corrected chi connectivity index (χ4v) is 1.24. The Balaban J connectivity index is 0.000000980. The van der Waals surface area contributed by atoms with Crippen LogP contribution in [0.25, 0.3) is 10.9 Å². The van der Waals surface area contributed by atoms with Gasteiger partial charge < -0.3 is 7.43 Å². The van der Waals surface area contributed by atoms with Crippen molar-refractivity contribution < 1.29 is 32.7 Å². The topological polar surface area (TPSA) is 27.0 Å². The van der Waals surface area contributed by atoms with Gasteiger partial charge in [-0.25, -0.2) is 0 Å². The molecular weight excluding hydrogens is 260 g/mol. The number of hydrogen-bond donors (Lipinski definition) is 0. The summed E-state index contributed by atoms with van der Waals surface area (Å²) in [7, 11) is 0. The molecule has 0 amide bonds. The zero-order valence-corrected chi connectivity index (χ0v) is 12.6. The minimum atomic E-state index is 0. The van der Waals surface area contributed by atoms with E-state index in [4.69, 9.17) is 0 Å². The maximum absolute atomic E-state index is 4.47. The first-order valence-corrected chi connectivity index (χ1v) is 4.47. The maximum Gasteiger partial charge on any atom is 0 e. The molecule has 0 bridgehead atoms. The molecule has 4 heteroatoms.